The summed E-state index contributed by atoms with van der Waals surface area (Å²) in [7, 11) is 0. The van der Waals surface area contributed by atoms with Crippen molar-refractivity contribution in [3.63, 3.8) is 0 Å². The summed E-state index contributed by atoms with van der Waals surface area (Å²) in [5.74, 6) is -0.0158. The summed E-state index contributed by atoms with van der Waals surface area (Å²) >= 11 is 0. The third-order valence-corrected chi connectivity index (χ3v) is 3.26. The zero-order valence-electron chi connectivity index (χ0n) is 11.2. The summed E-state index contributed by atoms with van der Waals surface area (Å²) in [6, 6.07) is 0. The molecule has 0 spiro atoms. The van der Waals surface area contributed by atoms with Crippen LogP contribution in [-0.2, 0) is 16.1 Å². The summed E-state index contributed by atoms with van der Waals surface area (Å²) in [5, 5.41) is 10.7. The number of nitro groups is 1. The second-order valence-corrected chi connectivity index (χ2v) is 4.63. The van der Waals surface area contributed by atoms with Gasteiger partial charge in [-0.05, 0) is 17.8 Å². The Morgan fingerprint density at radius 3 is 2.85 bits per heavy atom. The van der Waals surface area contributed by atoms with Crippen molar-refractivity contribution in [2.24, 2.45) is 0 Å². The molecule has 0 unspecified atom stereocenters. The molecule has 0 bridgehead atoms. The van der Waals surface area contributed by atoms with Crippen molar-refractivity contribution in [2.45, 2.75) is 25.8 Å². The molecule has 0 radical (unpaired) electrons. The van der Waals surface area contributed by atoms with Crippen LogP contribution in [0.4, 0.5) is 5.95 Å². The van der Waals surface area contributed by atoms with Crippen molar-refractivity contribution in [1.29, 1.82) is 0 Å². The van der Waals surface area contributed by atoms with E-state index in [1.165, 1.54) is 10.8 Å². The fourth-order valence-electron chi connectivity index (χ4n) is 2.18. The third-order valence-electron chi connectivity index (χ3n) is 3.26. The molecular formula is C12H18N4O4. The lowest BCUT2D eigenvalue weighted by molar-refractivity contribution is -0.396. The largest absolute Gasteiger partial charge is 0.434 e. The maximum Gasteiger partial charge on any atom is 0.434 e. The van der Waals surface area contributed by atoms with Crippen LogP contribution in [0.3, 0.4) is 0 Å². The average molecular weight is 282 g/mol. The first-order chi connectivity index (χ1) is 9.68. The number of rotatable bonds is 6. The zero-order valence-corrected chi connectivity index (χ0v) is 11.2. The molecule has 0 aromatic carbocycles. The van der Waals surface area contributed by atoms with Gasteiger partial charge in [-0.1, -0.05) is 4.98 Å². The molecule has 2 rings (SSSR count). The van der Waals surface area contributed by atoms with Gasteiger partial charge in [-0.2, -0.15) is 0 Å². The van der Waals surface area contributed by atoms with Gasteiger partial charge in [0.05, 0.1) is 19.8 Å². The van der Waals surface area contributed by atoms with Gasteiger partial charge in [0.2, 0.25) is 5.91 Å². The van der Waals surface area contributed by atoms with E-state index in [-0.39, 0.29) is 11.9 Å². The molecule has 1 aliphatic heterocycles. The molecule has 20 heavy (non-hydrogen) atoms. The minimum Gasteiger partial charge on any atom is -0.390 e. The van der Waals surface area contributed by atoms with Crippen molar-refractivity contribution >= 4 is 11.9 Å². The highest BCUT2D eigenvalue weighted by molar-refractivity contribution is 5.76. The van der Waals surface area contributed by atoms with E-state index in [0.29, 0.717) is 52.1 Å². The topological polar surface area (TPSA) is 90.5 Å². The summed E-state index contributed by atoms with van der Waals surface area (Å²) in [4.78, 5) is 27.5. The van der Waals surface area contributed by atoms with E-state index >= 15 is 0 Å². The molecule has 1 aliphatic rings. The number of imidazole rings is 1. The number of carbonyl (C=O) groups is 1. The molecule has 0 atom stereocenters. The predicted octanol–water partition coefficient (Wildman–Crippen LogP) is 0.820. The Morgan fingerprint density at radius 1 is 1.40 bits per heavy atom. The van der Waals surface area contributed by atoms with Gasteiger partial charge in [0.25, 0.3) is 0 Å². The Bertz CT molecular complexity index is 468. The quantitative estimate of drug-likeness (QED) is 0.437. The first kappa shape index (κ1) is 14.4. The van der Waals surface area contributed by atoms with Gasteiger partial charge in [0.15, 0.2) is 0 Å². The summed E-state index contributed by atoms with van der Waals surface area (Å²) in [6.45, 7) is 3.03. The van der Waals surface area contributed by atoms with Crippen LogP contribution in [0.15, 0.2) is 12.4 Å². The van der Waals surface area contributed by atoms with E-state index in [1.807, 2.05) is 4.90 Å². The molecule has 0 saturated carbocycles. The SMILES string of the molecule is O=C(CCCCn1ccnc1[N+](=O)[O-])N1CCOCC1. The maximum absolute atomic E-state index is 11.9. The summed E-state index contributed by atoms with van der Waals surface area (Å²) in [6.07, 6.45) is 4.90. The van der Waals surface area contributed by atoms with Crippen LogP contribution in [0.5, 0.6) is 0 Å². The molecular weight excluding hydrogens is 264 g/mol. The van der Waals surface area contributed by atoms with Crippen LogP contribution < -0.4 is 0 Å². The Morgan fingerprint density at radius 2 is 2.15 bits per heavy atom. The molecule has 2 heterocycles. The number of ether oxygens (including phenoxy) is 1. The number of aromatic nitrogens is 2. The van der Waals surface area contributed by atoms with E-state index in [0.717, 1.165) is 0 Å². The summed E-state index contributed by atoms with van der Waals surface area (Å²) < 4.78 is 6.69. The third kappa shape index (κ3) is 3.77. The number of hydrogen-bond acceptors (Lipinski definition) is 5. The highest BCUT2D eigenvalue weighted by Crippen LogP contribution is 2.10. The number of unbranched alkanes of at least 4 members (excludes halogenated alkanes) is 1. The van der Waals surface area contributed by atoms with Gasteiger partial charge in [-0.15, -0.1) is 0 Å². The second-order valence-electron chi connectivity index (χ2n) is 4.63. The Hall–Kier alpha value is -1.96. The molecule has 1 fully saturated rings. The number of amides is 1. The lowest BCUT2D eigenvalue weighted by Crippen LogP contribution is -2.40. The number of carbonyl (C=O) groups excluding carboxylic acids is 1. The molecule has 1 aromatic rings. The Kier molecular flexibility index (Phi) is 5.05. The van der Waals surface area contributed by atoms with Gasteiger partial charge < -0.3 is 19.8 Å². The van der Waals surface area contributed by atoms with Crippen molar-refractivity contribution in [3.05, 3.63) is 22.5 Å². The van der Waals surface area contributed by atoms with Crippen LogP contribution in [-0.4, -0.2) is 51.6 Å². The highest BCUT2D eigenvalue weighted by atomic mass is 16.6. The van der Waals surface area contributed by atoms with Crippen LogP contribution in [0.2, 0.25) is 0 Å². The van der Waals surface area contributed by atoms with Crippen molar-refractivity contribution in [3.8, 4) is 0 Å². The molecule has 1 saturated heterocycles. The van der Waals surface area contributed by atoms with Crippen LogP contribution in [0.25, 0.3) is 0 Å². The first-order valence-corrected chi connectivity index (χ1v) is 6.69. The van der Waals surface area contributed by atoms with E-state index in [9.17, 15) is 14.9 Å². The molecule has 110 valence electrons. The monoisotopic (exact) mass is 282 g/mol. The molecule has 1 aromatic heterocycles. The van der Waals surface area contributed by atoms with Gasteiger partial charge >= 0.3 is 5.95 Å². The minimum absolute atomic E-state index is 0.133. The van der Waals surface area contributed by atoms with Crippen LogP contribution in [0.1, 0.15) is 19.3 Å². The maximum atomic E-state index is 11.9. The lowest BCUT2D eigenvalue weighted by Gasteiger charge is -2.26. The second kappa shape index (κ2) is 6.99. The Balaban J connectivity index is 1.69. The van der Waals surface area contributed by atoms with Gasteiger partial charge in [0.1, 0.15) is 12.4 Å². The zero-order chi connectivity index (χ0) is 14.4. The standard InChI is InChI=1S/C12H18N4O4/c17-11(14-7-9-20-10-8-14)3-1-2-5-15-6-4-13-12(15)16(18)19/h4,6H,1-3,5,7-10H2. The minimum atomic E-state index is -0.501. The normalized spacial score (nSPS) is 15.3. The number of hydrogen-bond donors (Lipinski definition) is 0. The Labute approximate surface area is 116 Å². The van der Waals surface area contributed by atoms with Crippen molar-refractivity contribution in [1.82, 2.24) is 14.5 Å². The van der Waals surface area contributed by atoms with E-state index in [4.69, 9.17) is 4.74 Å². The van der Waals surface area contributed by atoms with E-state index in [1.54, 1.807) is 6.20 Å². The number of morpholine rings is 1. The fraction of sp³-hybridized carbons (Fsp3) is 0.667. The predicted molar refractivity (Wildman–Crippen MR) is 70.1 cm³/mol. The van der Waals surface area contributed by atoms with E-state index in [2.05, 4.69) is 4.98 Å². The summed E-state index contributed by atoms with van der Waals surface area (Å²) in [5.41, 5.74) is 0. The molecule has 0 aliphatic carbocycles. The van der Waals surface area contributed by atoms with Gasteiger partial charge in [-0.25, -0.2) is 4.57 Å². The van der Waals surface area contributed by atoms with Crippen molar-refractivity contribution in [2.75, 3.05) is 26.3 Å². The average Bonchev–Trinajstić information content (AvgIpc) is 2.93. The van der Waals surface area contributed by atoms with Crippen LogP contribution >= 0.6 is 0 Å². The molecule has 8 heteroatoms. The fourth-order valence-corrected chi connectivity index (χ4v) is 2.18. The van der Waals surface area contributed by atoms with Crippen LogP contribution in [0, 0.1) is 10.1 Å². The van der Waals surface area contributed by atoms with E-state index < -0.39 is 4.92 Å². The first-order valence-electron chi connectivity index (χ1n) is 6.69. The number of nitrogens with zero attached hydrogens (tertiary/aromatic N) is 4. The lowest BCUT2D eigenvalue weighted by atomic mass is 10.2. The van der Waals surface area contributed by atoms with Crippen molar-refractivity contribution < 1.29 is 14.5 Å². The smallest absolute Gasteiger partial charge is 0.390 e. The molecule has 8 nitrogen and oxygen atoms in total. The van der Waals surface area contributed by atoms with Gasteiger partial charge in [-0.3, -0.25) is 4.79 Å². The highest BCUT2D eigenvalue weighted by Gasteiger charge is 2.17. The molecule has 0 N–H and O–H groups in total. The molecule has 1 amide bonds. The number of aryl methyl sites for hydroxylation is 1. The van der Waals surface area contributed by atoms with Gasteiger partial charge in [0, 0.05) is 19.5 Å².